The Kier molecular flexibility index (Phi) is 1.71. The van der Waals surface area contributed by atoms with Gasteiger partial charge in [0.15, 0.2) is 0 Å². The summed E-state index contributed by atoms with van der Waals surface area (Å²) in [5, 5.41) is 12.0. The van der Waals surface area contributed by atoms with Crippen LogP contribution in [0, 0.1) is 11.3 Å². The predicted molar refractivity (Wildman–Crippen MR) is 41.4 cm³/mol. The van der Waals surface area contributed by atoms with Gasteiger partial charge >= 0.3 is 0 Å². The third kappa shape index (κ3) is 1.49. The summed E-state index contributed by atoms with van der Waals surface area (Å²) in [6.45, 7) is 6.25. The van der Waals surface area contributed by atoms with Crippen molar-refractivity contribution in [1.82, 2.24) is 0 Å². The minimum atomic E-state index is 0.0515. The molecular formula is C8H15NO. The van der Waals surface area contributed by atoms with Gasteiger partial charge in [-0.2, -0.15) is 0 Å². The van der Waals surface area contributed by atoms with Gasteiger partial charge in [-0.05, 0) is 12.8 Å². The summed E-state index contributed by atoms with van der Waals surface area (Å²) >= 11 is 0. The first-order valence-electron chi connectivity index (χ1n) is 3.78. The number of hydrogen-bond donors (Lipinski definition) is 1. The second kappa shape index (κ2) is 2.26. The van der Waals surface area contributed by atoms with Crippen molar-refractivity contribution in [2.75, 3.05) is 0 Å². The molecule has 0 aliphatic heterocycles. The van der Waals surface area contributed by atoms with Gasteiger partial charge in [0, 0.05) is 11.3 Å². The average Bonchev–Trinajstić information content (AvgIpc) is 2.46. The van der Waals surface area contributed by atoms with E-state index < -0.39 is 0 Å². The van der Waals surface area contributed by atoms with Crippen LogP contribution in [-0.2, 0) is 0 Å². The minimum absolute atomic E-state index is 0.0515. The van der Waals surface area contributed by atoms with Gasteiger partial charge in [0.1, 0.15) is 0 Å². The van der Waals surface area contributed by atoms with Crippen molar-refractivity contribution >= 4 is 5.71 Å². The third-order valence-corrected chi connectivity index (χ3v) is 1.84. The molecule has 0 amide bonds. The Labute approximate surface area is 61.9 Å². The van der Waals surface area contributed by atoms with Gasteiger partial charge in [0.2, 0.25) is 0 Å². The molecule has 1 saturated carbocycles. The summed E-state index contributed by atoms with van der Waals surface area (Å²) in [7, 11) is 0. The second-order valence-corrected chi connectivity index (χ2v) is 4.01. The van der Waals surface area contributed by atoms with Crippen molar-refractivity contribution in [3.8, 4) is 0 Å². The molecule has 0 aromatic heterocycles. The molecule has 0 atom stereocenters. The van der Waals surface area contributed by atoms with Crippen LogP contribution in [0.4, 0.5) is 0 Å². The van der Waals surface area contributed by atoms with E-state index in [1.807, 2.05) is 0 Å². The highest BCUT2D eigenvalue weighted by Crippen LogP contribution is 2.37. The lowest BCUT2D eigenvalue weighted by atomic mass is 9.87. The van der Waals surface area contributed by atoms with Crippen LogP contribution in [0.15, 0.2) is 5.16 Å². The summed E-state index contributed by atoms with van der Waals surface area (Å²) in [6, 6.07) is 0. The zero-order valence-corrected chi connectivity index (χ0v) is 6.89. The van der Waals surface area contributed by atoms with Crippen molar-refractivity contribution in [3.05, 3.63) is 0 Å². The van der Waals surface area contributed by atoms with E-state index >= 15 is 0 Å². The van der Waals surface area contributed by atoms with E-state index in [-0.39, 0.29) is 5.41 Å². The largest absolute Gasteiger partial charge is 0.411 e. The van der Waals surface area contributed by atoms with Crippen LogP contribution in [-0.4, -0.2) is 10.9 Å². The molecule has 1 fully saturated rings. The lowest BCUT2D eigenvalue weighted by Crippen LogP contribution is -2.22. The molecule has 1 aliphatic rings. The molecule has 58 valence electrons. The van der Waals surface area contributed by atoms with Gasteiger partial charge in [-0.1, -0.05) is 25.9 Å². The highest BCUT2D eigenvalue weighted by molar-refractivity contribution is 5.92. The van der Waals surface area contributed by atoms with E-state index in [4.69, 9.17) is 5.21 Å². The first kappa shape index (κ1) is 7.58. The SMILES string of the molecule is CC(C)(C)C(=NO)C1CC1. The molecule has 0 saturated heterocycles. The monoisotopic (exact) mass is 141 g/mol. The van der Waals surface area contributed by atoms with Crippen LogP contribution in [0.1, 0.15) is 33.6 Å². The fraction of sp³-hybridized carbons (Fsp3) is 0.875. The van der Waals surface area contributed by atoms with Crippen molar-refractivity contribution in [2.24, 2.45) is 16.5 Å². The molecule has 2 heteroatoms. The van der Waals surface area contributed by atoms with Gasteiger partial charge < -0.3 is 5.21 Å². The molecule has 0 unspecified atom stereocenters. The van der Waals surface area contributed by atoms with E-state index in [9.17, 15) is 0 Å². The van der Waals surface area contributed by atoms with Crippen molar-refractivity contribution in [2.45, 2.75) is 33.6 Å². The smallest absolute Gasteiger partial charge is 0.0654 e. The van der Waals surface area contributed by atoms with Crippen LogP contribution in [0.25, 0.3) is 0 Å². The Balaban J connectivity index is 2.65. The number of oxime groups is 1. The van der Waals surface area contributed by atoms with E-state index in [1.54, 1.807) is 0 Å². The van der Waals surface area contributed by atoms with Crippen molar-refractivity contribution in [3.63, 3.8) is 0 Å². The predicted octanol–water partition coefficient (Wildman–Crippen LogP) is 2.27. The van der Waals surface area contributed by atoms with Crippen LogP contribution < -0.4 is 0 Å². The molecular weight excluding hydrogens is 126 g/mol. The minimum Gasteiger partial charge on any atom is -0.411 e. The quantitative estimate of drug-likeness (QED) is 0.339. The van der Waals surface area contributed by atoms with E-state index in [2.05, 4.69) is 25.9 Å². The Morgan fingerprint density at radius 2 is 1.90 bits per heavy atom. The lowest BCUT2D eigenvalue weighted by molar-refractivity contribution is 0.308. The molecule has 1 aliphatic carbocycles. The Bertz CT molecular complexity index is 151. The first-order valence-corrected chi connectivity index (χ1v) is 3.78. The number of nitrogens with zero attached hydrogens (tertiary/aromatic N) is 1. The Morgan fingerprint density at radius 1 is 1.40 bits per heavy atom. The molecule has 0 radical (unpaired) electrons. The van der Waals surface area contributed by atoms with Gasteiger partial charge in [0.25, 0.3) is 0 Å². The summed E-state index contributed by atoms with van der Waals surface area (Å²) in [5.74, 6) is 0.574. The normalized spacial score (nSPS) is 21.3. The summed E-state index contributed by atoms with van der Waals surface area (Å²) in [4.78, 5) is 0. The summed E-state index contributed by atoms with van der Waals surface area (Å²) in [6.07, 6.45) is 2.41. The van der Waals surface area contributed by atoms with Gasteiger partial charge in [0.05, 0.1) is 5.71 Å². The molecule has 1 N–H and O–H groups in total. The zero-order chi connectivity index (χ0) is 7.78. The highest BCUT2D eigenvalue weighted by atomic mass is 16.4. The van der Waals surface area contributed by atoms with Crippen LogP contribution in [0.2, 0.25) is 0 Å². The maximum absolute atomic E-state index is 8.66. The average molecular weight is 141 g/mol. The second-order valence-electron chi connectivity index (χ2n) is 4.01. The molecule has 0 aromatic rings. The van der Waals surface area contributed by atoms with Crippen molar-refractivity contribution in [1.29, 1.82) is 0 Å². The molecule has 0 aromatic carbocycles. The molecule has 2 nitrogen and oxygen atoms in total. The van der Waals surface area contributed by atoms with Crippen molar-refractivity contribution < 1.29 is 5.21 Å². The number of rotatable bonds is 1. The molecule has 0 spiro atoms. The van der Waals surface area contributed by atoms with Gasteiger partial charge in [-0.15, -0.1) is 0 Å². The standard InChI is InChI=1S/C8H15NO/c1-8(2,3)7(9-10)6-4-5-6/h6,10H,4-5H2,1-3H3. The molecule has 1 rings (SSSR count). The van der Waals surface area contributed by atoms with Gasteiger partial charge in [-0.25, -0.2) is 0 Å². The topological polar surface area (TPSA) is 32.6 Å². The third-order valence-electron chi connectivity index (χ3n) is 1.84. The maximum atomic E-state index is 8.66. The van der Waals surface area contributed by atoms with Crippen LogP contribution >= 0.6 is 0 Å². The Hall–Kier alpha value is -0.530. The first-order chi connectivity index (χ1) is 4.55. The fourth-order valence-electron chi connectivity index (χ4n) is 1.20. The maximum Gasteiger partial charge on any atom is 0.0654 e. The van der Waals surface area contributed by atoms with E-state index in [0.717, 1.165) is 5.71 Å². The Morgan fingerprint density at radius 3 is 2.00 bits per heavy atom. The fourth-order valence-corrected chi connectivity index (χ4v) is 1.20. The van der Waals surface area contributed by atoms with Crippen LogP contribution in [0.3, 0.4) is 0 Å². The lowest BCUT2D eigenvalue weighted by Gasteiger charge is -2.18. The summed E-state index contributed by atoms with van der Waals surface area (Å²) < 4.78 is 0. The molecule has 10 heavy (non-hydrogen) atoms. The number of hydrogen-bond acceptors (Lipinski definition) is 2. The molecule has 0 bridgehead atoms. The van der Waals surface area contributed by atoms with E-state index in [1.165, 1.54) is 12.8 Å². The zero-order valence-electron chi connectivity index (χ0n) is 6.89. The van der Waals surface area contributed by atoms with E-state index in [0.29, 0.717) is 5.92 Å². The highest BCUT2D eigenvalue weighted by Gasteiger charge is 2.35. The van der Waals surface area contributed by atoms with Gasteiger partial charge in [-0.3, -0.25) is 0 Å². The summed E-state index contributed by atoms with van der Waals surface area (Å²) in [5.41, 5.74) is 1.02. The molecule has 0 heterocycles. The van der Waals surface area contributed by atoms with Crippen LogP contribution in [0.5, 0.6) is 0 Å².